The fraction of sp³-hybridized carbons (Fsp3) is 0.240. The van der Waals surface area contributed by atoms with Gasteiger partial charge in [-0.25, -0.2) is 8.42 Å². The monoisotopic (exact) mass is 530 g/mol. The molecular formula is C25H27BrN2O4S. The summed E-state index contributed by atoms with van der Waals surface area (Å²) in [6, 6.07) is 20.1. The molecule has 0 aliphatic heterocycles. The van der Waals surface area contributed by atoms with Gasteiger partial charge in [0.05, 0.1) is 21.7 Å². The fourth-order valence-corrected chi connectivity index (χ4v) is 4.70. The molecule has 1 amide bonds. The largest absolute Gasteiger partial charge is 0.492 e. The van der Waals surface area contributed by atoms with Crippen molar-refractivity contribution in [3.05, 3.63) is 82.8 Å². The first-order valence-electron chi connectivity index (χ1n) is 10.6. The lowest BCUT2D eigenvalue weighted by Crippen LogP contribution is -2.26. The minimum Gasteiger partial charge on any atom is -0.492 e. The zero-order valence-corrected chi connectivity index (χ0v) is 21.2. The standard InChI is InChI=1S/C25H27BrN2O4S/c1-18(2)15-16-32-24-14-9-19(17-23(24)26)25(29)27-20-10-12-22(13-11-20)33(30,31)28(3)21-7-5-4-6-8-21/h4-14,17-18H,15-16H2,1-3H3,(H,27,29). The number of carbonyl (C=O) groups is 1. The molecule has 3 aromatic carbocycles. The molecule has 174 valence electrons. The number of carbonyl (C=O) groups excluding carboxylic acids is 1. The Morgan fingerprint density at radius 3 is 2.30 bits per heavy atom. The van der Waals surface area contributed by atoms with Crippen molar-refractivity contribution in [2.45, 2.75) is 25.2 Å². The Kier molecular flexibility index (Phi) is 8.15. The topological polar surface area (TPSA) is 75.7 Å². The molecule has 33 heavy (non-hydrogen) atoms. The Hall–Kier alpha value is -2.84. The minimum atomic E-state index is -3.71. The second kappa shape index (κ2) is 10.9. The van der Waals surface area contributed by atoms with Crippen molar-refractivity contribution in [1.29, 1.82) is 0 Å². The van der Waals surface area contributed by atoms with Gasteiger partial charge >= 0.3 is 0 Å². The lowest BCUT2D eigenvalue weighted by Gasteiger charge is -2.19. The number of para-hydroxylation sites is 1. The molecule has 0 heterocycles. The van der Waals surface area contributed by atoms with Gasteiger partial charge in [-0.2, -0.15) is 0 Å². The molecule has 0 atom stereocenters. The highest BCUT2D eigenvalue weighted by atomic mass is 79.9. The van der Waals surface area contributed by atoms with Crippen molar-refractivity contribution >= 4 is 43.2 Å². The number of benzene rings is 3. The van der Waals surface area contributed by atoms with Crippen LogP contribution in [-0.2, 0) is 10.0 Å². The summed E-state index contributed by atoms with van der Waals surface area (Å²) in [6.45, 7) is 4.88. The van der Waals surface area contributed by atoms with Gasteiger partial charge in [0.1, 0.15) is 5.75 Å². The predicted molar refractivity (Wildman–Crippen MR) is 136 cm³/mol. The Balaban J connectivity index is 1.67. The van der Waals surface area contributed by atoms with Gasteiger partial charge in [-0.3, -0.25) is 9.10 Å². The highest BCUT2D eigenvalue weighted by Gasteiger charge is 2.21. The van der Waals surface area contributed by atoms with Crippen LogP contribution in [-0.4, -0.2) is 28.0 Å². The minimum absolute atomic E-state index is 0.137. The number of halogens is 1. The van der Waals surface area contributed by atoms with E-state index in [9.17, 15) is 13.2 Å². The maximum atomic E-state index is 12.9. The van der Waals surface area contributed by atoms with Crippen LogP contribution in [0.2, 0.25) is 0 Å². The molecule has 0 bridgehead atoms. The average Bonchev–Trinajstić information content (AvgIpc) is 2.80. The van der Waals surface area contributed by atoms with Crippen molar-refractivity contribution in [2.75, 3.05) is 23.3 Å². The van der Waals surface area contributed by atoms with Crippen molar-refractivity contribution in [3.8, 4) is 5.75 Å². The summed E-state index contributed by atoms with van der Waals surface area (Å²) < 4.78 is 33.5. The molecule has 3 rings (SSSR count). The molecule has 3 aromatic rings. The molecule has 1 N–H and O–H groups in total. The highest BCUT2D eigenvalue weighted by Crippen LogP contribution is 2.27. The lowest BCUT2D eigenvalue weighted by atomic mass is 10.1. The number of anilines is 2. The van der Waals surface area contributed by atoms with Crippen LogP contribution in [0.4, 0.5) is 11.4 Å². The number of ether oxygens (including phenoxy) is 1. The second-order valence-corrected chi connectivity index (χ2v) is 10.8. The summed E-state index contributed by atoms with van der Waals surface area (Å²) >= 11 is 3.46. The van der Waals surface area contributed by atoms with Crippen molar-refractivity contribution in [2.24, 2.45) is 5.92 Å². The van der Waals surface area contributed by atoms with E-state index in [0.29, 0.717) is 39.7 Å². The number of rotatable bonds is 9. The Bertz CT molecular complexity index is 1200. The molecule has 0 unspecified atom stereocenters. The van der Waals surface area contributed by atoms with Gasteiger partial charge in [-0.05, 0) is 82.9 Å². The van der Waals surface area contributed by atoms with E-state index in [1.54, 1.807) is 54.6 Å². The molecule has 0 saturated carbocycles. The summed E-state index contributed by atoms with van der Waals surface area (Å²) in [5, 5.41) is 2.79. The van der Waals surface area contributed by atoms with E-state index >= 15 is 0 Å². The number of nitrogens with zero attached hydrogens (tertiary/aromatic N) is 1. The van der Waals surface area contributed by atoms with Gasteiger partial charge in [0.15, 0.2) is 0 Å². The molecule has 0 radical (unpaired) electrons. The summed E-state index contributed by atoms with van der Waals surface area (Å²) in [6.07, 6.45) is 0.946. The first-order valence-corrected chi connectivity index (χ1v) is 12.8. The molecular weight excluding hydrogens is 504 g/mol. The van der Waals surface area contributed by atoms with E-state index < -0.39 is 10.0 Å². The molecule has 0 aromatic heterocycles. The third-order valence-electron chi connectivity index (χ3n) is 5.04. The predicted octanol–water partition coefficient (Wildman–Crippen LogP) is 5.95. The normalized spacial score (nSPS) is 11.3. The van der Waals surface area contributed by atoms with E-state index in [1.165, 1.54) is 23.5 Å². The van der Waals surface area contributed by atoms with Gasteiger partial charge in [0.2, 0.25) is 0 Å². The smallest absolute Gasteiger partial charge is 0.264 e. The van der Waals surface area contributed by atoms with Crippen molar-refractivity contribution in [1.82, 2.24) is 0 Å². The fourth-order valence-electron chi connectivity index (χ4n) is 3.01. The third kappa shape index (κ3) is 6.36. The van der Waals surface area contributed by atoms with E-state index in [4.69, 9.17) is 4.74 Å². The van der Waals surface area contributed by atoms with Gasteiger partial charge in [0, 0.05) is 18.3 Å². The van der Waals surface area contributed by atoms with Crippen LogP contribution < -0.4 is 14.4 Å². The quantitative estimate of drug-likeness (QED) is 0.370. The average molecular weight is 531 g/mol. The number of hydrogen-bond acceptors (Lipinski definition) is 4. The summed E-state index contributed by atoms with van der Waals surface area (Å²) in [4.78, 5) is 12.8. The van der Waals surface area contributed by atoms with Crippen LogP contribution in [0, 0.1) is 5.92 Å². The zero-order chi connectivity index (χ0) is 24.0. The highest BCUT2D eigenvalue weighted by molar-refractivity contribution is 9.10. The van der Waals surface area contributed by atoms with E-state index in [-0.39, 0.29) is 10.8 Å². The summed E-state index contributed by atoms with van der Waals surface area (Å²) in [5.41, 5.74) is 1.52. The van der Waals surface area contributed by atoms with Gasteiger partial charge in [0.25, 0.3) is 15.9 Å². The Labute approximate surface area is 203 Å². The van der Waals surface area contributed by atoms with Crippen molar-refractivity contribution < 1.29 is 17.9 Å². The number of hydrogen-bond donors (Lipinski definition) is 1. The first-order chi connectivity index (χ1) is 15.7. The van der Waals surface area contributed by atoms with E-state index in [0.717, 1.165) is 6.42 Å². The van der Waals surface area contributed by atoms with Gasteiger partial charge in [-0.15, -0.1) is 0 Å². The Morgan fingerprint density at radius 1 is 1.03 bits per heavy atom. The molecule has 8 heteroatoms. The number of nitrogens with one attached hydrogen (secondary N) is 1. The van der Waals surface area contributed by atoms with E-state index in [2.05, 4.69) is 35.1 Å². The Morgan fingerprint density at radius 2 is 1.70 bits per heavy atom. The molecule has 0 spiro atoms. The third-order valence-corrected chi connectivity index (χ3v) is 7.46. The second-order valence-electron chi connectivity index (χ2n) is 7.96. The first kappa shape index (κ1) is 24.8. The van der Waals surface area contributed by atoms with Crippen molar-refractivity contribution in [3.63, 3.8) is 0 Å². The molecule has 0 fully saturated rings. The van der Waals surface area contributed by atoms with Crippen LogP contribution in [0.1, 0.15) is 30.6 Å². The van der Waals surface area contributed by atoms with Crippen LogP contribution in [0.3, 0.4) is 0 Å². The maximum absolute atomic E-state index is 12.9. The van der Waals surface area contributed by atoms with E-state index in [1.807, 2.05) is 6.07 Å². The molecule has 6 nitrogen and oxygen atoms in total. The maximum Gasteiger partial charge on any atom is 0.264 e. The zero-order valence-electron chi connectivity index (χ0n) is 18.8. The van der Waals surface area contributed by atoms with Crippen LogP contribution in [0.25, 0.3) is 0 Å². The van der Waals surface area contributed by atoms with Gasteiger partial charge < -0.3 is 10.1 Å². The summed E-state index contributed by atoms with van der Waals surface area (Å²) in [5.74, 6) is 0.930. The van der Waals surface area contributed by atoms with Crippen LogP contribution in [0.15, 0.2) is 82.2 Å². The summed E-state index contributed by atoms with van der Waals surface area (Å²) in [7, 11) is -2.20. The number of amides is 1. The van der Waals surface area contributed by atoms with Crippen LogP contribution in [0.5, 0.6) is 5.75 Å². The molecule has 0 saturated heterocycles. The van der Waals surface area contributed by atoms with Gasteiger partial charge in [-0.1, -0.05) is 32.0 Å². The molecule has 0 aliphatic rings. The lowest BCUT2D eigenvalue weighted by molar-refractivity contribution is 0.102. The molecule has 0 aliphatic carbocycles. The number of sulfonamides is 1. The van der Waals surface area contributed by atoms with Crippen LogP contribution >= 0.6 is 15.9 Å². The SMILES string of the molecule is CC(C)CCOc1ccc(C(=O)Nc2ccc(S(=O)(=O)N(C)c3ccccc3)cc2)cc1Br.